The number of nitrogens with zero attached hydrogens (tertiary/aromatic N) is 3. The van der Waals surface area contributed by atoms with Gasteiger partial charge in [0.15, 0.2) is 11.6 Å². The first-order valence-electron chi connectivity index (χ1n) is 6.08. The third-order valence-electron chi connectivity index (χ3n) is 2.62. The third kappa shape index (κ3) is 2.73. The highest BCUT2D eigenvalue weighted by atomic mass is 19.1. The summed E-state index contributed by atoms with van der Waals surface area (Å²) in [6.07, 6.45) is 6.08. The Balaban J connectivity index is 2.24. The summed E-state index contributed by atoms with van der Waals surface area (Å²) >= 11 is 0. The average molecular weight is 248 g/mol. The number of nitrogens with one attached hydrogen (secondary N) is 1. The maximum absolute atomic E-state index is 14.2. The van der Waals surface area contributed by atoms with Crippen LogP contribution in [0.15, 0.2) is 24.7 Å². The molecular formula is C13H17FN4. The Morgan fingerprint density at radius 3 is 2.94 bits per heavy atom. The van der Waals surface area contributed by atoms with Crippen molar-refractivity contribution >= 4 is 0 Å². The highest BCUT2D eigenvalue weighted by Crippen LogP contribution is 2.14. The van der Waals surface area contributed by atoms with Crippen LogP contribution in [0.4, 0.5) is 4.39 Å². The van der Waals surface area contributed by atoms with Crippen LogP contribution in [0.5, 0.6) is 0 Å². The van der Waals surface area contributed by atoms with E-state index in [0.717, 1.165) is 18.5 Å². The van der Waals surface area contributed by atoms with Crippen LogP contribution in [0, 0.1) is 12.7 Å². The second-order valence-corrected chi connectivity index (χ2v) is 4.25. The Kier molecular flexibility index (Phi) is 4.04. The zero-order valence-electron chi connectivity index (χ0n) is 10.7. The van der Waals surface area contributed by atoms with Crippen molar-refractivity contribution < 1.29 is 4.39 Å². The van der Waals surface area contributed by atoms with Crippen LogP contribution in [-0.2, 0) is 6.54 Å². The van der Waals surface area contributed by atoms with Crippen LogP contribution in [0.3, 0.4) is 0 Å². The predicted molar refractivity (Wildman–Crippen MR) is 68.1 cm³/mol. The maximum atomic E-state index is 14.2. The number of rotatable bonds is 5. The van der Waals surface area contributed by atoms with E-state index in [4.69, 9.17) is 0 Å². The molecule has 96 valence electrons. The van der Waals surface area contributed by atoms with Gasteiger partial charge >= 0.3 is 0 Å². The SMILES string of the molecule is CCCNCc1ccnc(-n2cc(C)cn2)c1F. The van der Waals surface area contributed by atoms with Gasteiger partial charge in [0.25, 0.3) is 0 Å². The number of hydrogen-bond acceptors (Lipinski definition) is 3. The van der Waals surface area contributed by atoms with E-state index < -0.39 is 0 Å². The monoisotopic (exact) mass is 248 g/mol. The van der Waals surface area contributed by atoms with Crippen LogP contribution in [0.1, 0.15) is 24.5 Å². The molecule has 0 spiro atoms. The molecule has 0 aromatic carbocycles. The van der Waals surface area contributed by atoms with Crippen LogP contribution in [0.25, 0.3) is 5.82 Å². The molecule has 0 saturated heterocycles. The van der Waals surface area contributed by atoms with Gasteiger partial charge in [-0.3, -0.25) is 0 Å². The van der Waals surface area contributed by atoms with Gasteiger partial charge in [0.2, 0.25) is 0 Å². The smallest absolute Gasteiger partial charge is 0.190 e. The van der Waals surface area contributed by atoms with Crippen LogP contribution < -0.4 is 5.32 Å². The van der Waals surface area contributed by atoms with Crippen molar-refractivity contribution in [2.45, 2.75) is 26.8 Å². The lowest BCUT2D eigenvalue weighted by atomic mass is 10.2. The zero-order chi connectivity index (χ0) is 13.0. The Morgan fingerprint density at radius 1 is 1.44 bits per heavy atom. The van der Waals surface area contributed by atoms with Crippen molar-refractivity contribution in [3.05, 3.63) is 41.6 Å². The molecule has 1 N–H and O–H groups in total. The van der Waals surface area contributed by atoms with E-state index in [-0.39, 0.29) is 11.6 Å². The molecule has 2 heterocycles. The molecule has 0 amide bonds. The van der Waals surface area contributed by atoms with E-state index in [0.29, 0.717) is 12.1 Å². The number of halogens is 1. The van der Waals surface area contributed by atoms with Crippen molar-refractivity contribution in [2.24, 2.45) is 0 Å². The Bertz CT molecular complexity index is 521. The summed E-state index contributed by atoms with van der Waals surface area (Å²) < 4.78 is 15.7. The van der Waals surface area contributed by atoms with E-state index in [9.17, 15) is 4.39 Å². The molecule has 18 heavy (non-hydrogen) atoms. The molecule has 5 heteroatoms. The molecule has 0 fully saturated rings. The van der Waals surface area contributed by atoms with Gasteiger partial charge in [-0.2, -0.15) is 5.10 Å². The van der Waals surface area contributed by atoms with Gasteiger partial charge in [0.1, 0.15) is 0 Å². The van der Waals surface area contributed by atoms with Gasteiger partial charge < -0.3 is 5.32 Å². The molecule has 2 aromatic heterocycles. The number of aryl methyl sites for hydroxylation is 1. The lowest BCUT2D eigenvalue weighted by Crippen LogP contribution is -2.16. The molecule has 0 atom stereocenters. The van der Waals surface area contributed by atoms with Crippen molar-refractivity contribution in [1.82, 2.24) is 20.1 Å². The first-order valence-corrected chi connectivity index (χ1v) is 6.08. The minimum atomic E-state index is -0.316. The van der Waals surface area contributed by atoms with E-state index >= 15 is 0 Å². The summed E-state index contributed by atoms with van der Waals surface area (Å²) in [6.45, 7) is 5.37. The minimum Gasteiger partial charge on any atom is -0.313 e. The molecule has 0 saturated carbocycles. The van der Waals surface area contributed by atoms with Gasteiger partial charge in [0.05, 0.1) is 6.20 Å². The number of pyridine rings is 1. The van der Waals surface area contributed by atoms with Crippen LogP contribution in [0.2, 0.25) is 0 Å². The summed E-state index contributed by atoms with van der Waals surface area (Å²) in [5, 5.41) is 7.26. The fraction of sp³-hybridized carbons (Fsp3) is 0.385. The maximum Gasteiger partial charge on any atom is 0.190 e. The number of hydrogen-bond donors (Lipinski definition) is 1. The molecule has 0 radical (unpaired) electrons. The fourth-order valence-electron chi connectivity index (χ4n) is 1.70. The average Bonchev–Trinajstić information content (AvgIpc) is 2.78. The van der Waals surface area contributed by atoms with Gasteiger partial charge in [-0.25, -0.2) is 14.1 Å². The summed E-state index contributed by atoms with van der Waals surface area (Å²) in [5.74, 6) is -0.0666. The van der Waals surface area contributed by atoms with E-state index in [1.807, 2.05) is 6.92 Å². The summed E-state index contributed by atoms with van der Waals surface area (Å²) in [6, 6.07) is 1.69. The number of aromatic nitrogens is 3. The molecule has 2 aromatic rings. The molecule has 0 aliphatic carbocycles. The molecule has 0 aliphatic rings. The van der Waals surface area contributed by atoms with Crippen molar-refractivity contribution in [2.75, 3.05) is 6.54 Å². The molecule has 4 nitrogen and oxygen atoms in total. The fourth-order valence-corrected chi connectivity index (χ4v) is 1.70. The van der Waals surface area contributed by atoms with Gasteiger partial charge in [-0.05, 0) is 31.5 Å². The van der Waals surface area contributed by atoms with E-state index in [2.05, 4.69) is 22.3 Å². The molecular weight excluding hydrogens is 231 g/mol. The minimum absolute atomic E-state index is 0.249. The standard InChI is InChI=1S/C13H17FN4/c1-3-5-15-8-11-4-6-16-13(12(11)14)18-9-10(2)7-17-18/h4,6-7,9,15H,3,5,8H2,1-2H3. The van der Waals surface area contributed by atoms with Crippen molar-refractivity contribution in [3.8, 4) is 5.82 Å². The summed E-state index contributed by atoms with van der Waals surface area (Å²) in [5.41, 5.74) is 1.59. The van der Waals surface area contributed by atoms with Crippen LogP contribution in [-0.4, -0.2) is 21.3 Å². The second kappa shape index (κ2) is 5.73. The Hall–Kier alpha value is -1.75. The first kappa shape index (κ1) is 12.7. The predicted octanol–water partition coefficient (Wildman–Crippen LogP) is 2.21. The van der Waals surface area contributed by atoms with Crippen molar-refractivity contribution in [1.29, 1.82) is 0 Å². The highest BCUT2D eigenvalue weighted by molar-refractivity contribution is 5.30. The second-order valence-electron chi connectivity index (χ2n) is 4.25. The van der Waals surface area contributed by atoms with E-state index in [1.54, 1.807) is 24.7 Å². The lowest BCUT2D eigenvalue weighted by Gasteiger charge is -2.08. The van der Waals surface area contributed by atoms with Gasteiger partial charge in [-0.15, -0.1) is 0 Å². The quantitative estimate of drug-likeness (QED) is 0.825. The summed E-state index contributed by atoms with van der Waals surface area (Å²) in [7, 11) is 0. The van der Waals surface area contributed by atoms with Gasteiger partial charge in [-0.1, -0.05) is 6.92 Å². The normalized spacial score (nSPS) is 10.8. The largest absolute Gasteiger partial charge is 0.313 e. The van der Waals surface area contributed by atoms with Crippen molar-refractivity contribution in [3.63, 3.8) is 0 Å². The highest BCUT2D eigenvalue weighted by Gasteiger charge is 2.11. The molecule has 0 aliphatic heterocycles. The van der Waals surface area contributed by atoms with Gasteiger partial charge in [0, 0.05) is 24.5 Å². The molecule has 0 unspecified atom stereocenters. The molecule has 2 rings (SSSR count). The molecule has 0 bridgehead atoms. The van der Waals surface area contributed by atoms with Crippen LogP contribution >= 0.6 is 0 Å². The zero-order valence-corrected chi connectivity index (χ0v) is 10.7. The summed E-state index contributed by atoms with van der Waals surface area (Å²) in [4.78, 5) is 4.05. The topological polar surface area (TPSA) is 42.7 Å². The Morgan fingerprint density at radius 2 is 2.28 bits per heavy atom. The first-order chi connectivity index (χ1) is 8.72. The third-order valence-corrected chi connectivity index (χ3v) is 2.62. The Labute approximate surface area is 106 Å². The lowest BCUT2D eigenvalue weighted by molar-refractivity contribution is 0.566. The van der Waals surface area contributed by atoms with E-state index in [1.165, 1.54) is 4.68 Å².